The van der Waals surface area contributed by atoms with Crippen molar-refractivity contribution in [1.29, 1.82) is 0 Å². The molecule has 0 aromatic carbocycles. The van der Waals surface area contributed by atoms with Gasteiger partial charge in [0.05, 0.1) is 17.7 Å². The van der Waals surface area contributed by atoms with Crippen molar-refractivity contribution in [3.8, 4) is 0 Å². The monoisotopic (exact) mass is 255 g/mol. The first kappa shape index (κ1) is 13.0. The van der Waals surface area contributed by atoms with Crippen LogP contribution in [0.1, 0.15) is 31.7 Å². The number of nitrogens with two attached hydrogens (primary N) is 1. The highest BCUT2D eigenvalue weighted by molar-refractivity contribution is 7.09. The summed E-state index contributed by atoms with van der Waals surface area (Å²) in [4.78, 5) is 4.36. The molecule has 3 N–H and O–H groups in total. The van der Waals surface area contributed by atoms with Crippen molar-refractivity contribution in [3.63, 3.8) is 0 Å². The second-order valence-electron chi connectivity index (χ2n) is 5.04. The fraction of sp³-hybridized carbons (Fsp3) is 0.750. The third-order valence-corrected chi connectivity index (χ3v) is 4.29. The van der Waals surface area contributed by atoms with E-state index in [0.29, 0.717) is 12.6 Å². The zero-order valence-electron chi connectivity index (χ0n) is 10.5. The molecule has 96 valence electrons. The van der Waals surface area contributed by atoms with Crippen LogP contribution in [0.2, 0.25) is 0 Å². The number of hydrogen-bond donors (Lipinski definition) is 2. The lowest BCUT2D eigenvalue weighted by Crippen LogP contribution is -2.41. The number of thiazole rings is 1. The van der Waals surface area contributed by atoms with Crippen molar-refractivity contribution in [1.82, 2.24) is 10.3 Å². The van der Waals surface area contributed by atoms with Gasteiger partial charge < -0.3 is 15.8 Å². The molecule has 1 saturated heterocycles. The first-order valence-electron chi connectivity index (χ1n) is 6.12. The number of hydrogen-bond acceptors (Lipinski definition) is 5. The smallest absolute Gasteiger partial charge is 0.112 e. The molecule has 5 heteroatoms. The van der Waals surface area contributed by atoms with E-state index >= 15 is 0 Å². The minimum atomic E-state index is -0.0850. The Hall–Kier alpha value is -0.490. The Kier molecular flexibility index (Phi) is 4.14. The van der Waals surface area contributed by atoms with E-state index in [2.05, 4.69) is 24.1 Å². The Morgan fingerprint density at radius 3 is 2.88 bits per heavy atom. The lowest BCUT2D eigenvalue weighted by molar-refractivity contribution is 0.0463. The SMILES string of the molecule is CC(C)(NCC1CCC(CN)O1)c1nccs1. The molecule has 2 unspecified atom stereocenters. The molecule has 0 radical (unpaired) electrons. The Balaban J connectivity index is 1.82. The van der Waals surface area contributed by atoms with E-state index in [1.54, 1.807) is 11.3 Å². The molecule has 1 aromatic heterocycles. The van der Waals surface area contributed by atoms with Crippen LogP contribution in [0.15, 0.2) is 11.6 Å². The summed E-state index contributed by atoms with van der Waals surface area (Å²) >= 11 is 1.68. The molecular formula is C12H21N3OS. The second-order valence-corrected chi connectivity index (χ2v) is 5.93. The average Bonchev–Trinajstić information content (AvgIpc) is 2.98. The predicted octanol–water partition coefficient (Wildman–Crippen LogP) is 1.47. The molecule has 2 atom stereocenters. The Morgan fingerprint density at radius 1 is 1.53 bits per heavy atom. The molecule has 1 aliphatic heterocycles. The summed E-state index contributed by atoms with van der Waals surface area (Å²) in [5, 5.41) is 6.66. The zero-order valence-corrected chi connectivity index (χ0v) is 11.3. The number of nitrogens with one attached hydrogen (secondary N) is 1. The zero-order chi connectivity index (χ0) is 12.3. The van der Waals surface area contributed by atoms with Crippen LogP contribution >= 0.6 is 11.3 Å². The van der Waals surface area contributed by atoms with Crippen molar-refractivity contribution in [2.75, 3.05) is 13.1 Å². The molecule has 4 nitrogen and oxygen atoms in total. The average molecular weight is 255 g/mol. The number of ether oxygens (including phenoxy) is 1. The predicted molar refractivity (Wildman–Crippen MR) is 70.1 cm³/mol. The summed E-state index contributed by atoms with van der Waals surface area (Å²) in [5.41, 5.74) is 5.52. The van der Waals surface area contributed by atoms with E-state index in [0.717, 1.165) is 24.4 Å². The maximum atomic E-state index is 5.82. The van der Waals surface area contributed by atoms with Gasteiger partial charge in [-0.25, -0.2) is 4.98 Å². The summed E-state index contributed by atoms with van der Waals surface area (Å²) in [6.45, 7) is 5.80. The highest BCUT2D eigenvalue weighted by Gasteiger charge is 2.28. The Morgan fingerprint density at radius 2 is 2.29 bits per heavy atom. The third-order valence-electron chi connectivity index (χ3n) is 3.20. The fourth-order valence-corrected chi connectivity index (χ4v) is 2.82. The lowest BCUT2D eigenvalue weighted by atomic mass is 10.1. The number of nitrogens with zero attached hydrogens (tertiary/aromatic N) is 1. The van der Waals surface area contributed by atoms with Gasteiger partial charge >= 0.3 is 0 Å². The maximum Gasteiger partial charge on any atom is 0.112 e. The van der Waals surface area contributed by atoms with Crippen molar-refractivity contribution in [2.45, 2.75) is 44.4 Å². The van der Waals surface area contributed by atoms with Gasteiger partial charge in [-0.3, -0.25) is 0 Å². The molecule has 0 saturated carbocycles. The van der Waals surface area contributed by atoms with Crippen LogP contribution in [0.4, 0.5) is 0 Å². The van der Waals surface area contributed by atoms with E-state index in [-0.39, 0.29) is 11.6 Å². The summed E-state index contributed by atoms with van der Waals surface area (Å²) in [6, 6.07) is 0. The van der Waals surface area contributed by atoms with Crippen LogP contribution in [0.25, 0.3) is 0 Å². The lowest BCUT2D eigenvalue weighted by Gasteiger charge is -2.26. The molecule has 0 bridgehead atoms. The molecule has 2 rings (SSSR count). The van der Waals surface area contributed by atoms with Crippen LogP contribution in [0.3, 0.4) is 0 Å². The third kappa shape index (κ3) is 3.25. The van der Waals surface area contributed by atoms with Crippen molar-refractivity contribution in [2.24, 2.45) is 5.73 Å². The quantitative estimate of drug-likeness (QED) is 0.836. The molecule has 1 aromatic rings. The van der Waals surface area contributed by atoms with Crippen LogP contribution in [-0.4, -0.2) is 30.3 Å². The Bertz CT molecular complexity index is 340. The summed E-state index contributed by atoms with van der Waals surface area (Å²) in [7, 11) is 0. The summed E-state index contributed by atoms with van der Waals surface area (Å²) < 4.78 is 5.82. The minimum Gasteiger partial charge on any atom is -0.372 e. The number of rotatable bonds is 5. The van der Waals surface area contributed by atoms with Gasteiger partial charge in [-0.15, -0.1) is 11.3 Å². The van der Waals surface area contributed by atoms with Gasteiger partial charge in [0.25, 0.3) is 0 Å². The highest BCUT2D eigenvalue weighted by atomic mass is 32.1. The first-order chi connectivity index (χ1) is 8.12. The fourth-order valence-electron chi connectivity index (χ4n) is 2.08. The molecule has 0 amide bonds. The van der Waals surface area contributed by atoms with E-state index in [1.807, 2.05) is 11.6 Å². The van der Waals surface area contributed by atoms with Crippen molar-refractivity contribution in [3.05, 3.63) is 16.6 Å². The van der Waals surface area contributed by atoms with Gasteiger partial charge in [-0.2, -0.15) is 0 Å². The van der Waals surface area contributed by atoms with E-state index in [9.17, 15) is 0 Å². The van der Waals surface area contributed by atoms with E-state index < -0.39 is 0 Å². The summed E-state index contributed by atoms with van der Waals surface area (Å²) in [6.07, 6.45) is 4.58. The van der Waals surface area contributed by atoms with Gasteiger partial charge in [0.15, 0.2) is 0 Å². The molecule has 0 aliphatic carbocycles. The molecule has 1 fully saturated rings. The van der Waals surface area contributed by atoms with Gasteiger partial charge in [0.2, 0.25) is 0 Å². The first-order valence-corrected chi connectivity index (χ1v) is 7.00. The molecule has 0 spiro atoms. The topological polar surface area (TPSA) is 60.2 Å². The van der Waals surface area contributed by atoms with Gasteiger partial charge in [0, 0.05) is 24.7 Å². The molecule has 17 heavy (non-hydrogen) atoms. The van der Waals surface area contributed by atoms with Crippen LogP contribution in [0, 0.1) is 0 Å². The normalized spacial score (nSPS) is 25.4. The summed E-state index contributed by atoms with van der Waals surface area (Å²) in [5.74, 6) is 0. The molecule has 1 aliphatic rings. The second kappa shape index (κ2) is 5.44. The van der Waals surface area contributed by atoms with Crippen molar-refractivity contribution < 1.29 is 4.74 Å². The maximum absolute atomic E-state index is 5.82. The Labute approximate surface area is 107 Å². The number of aromatic nitrogens is 1. The van der Waals surface area contributed by atoms with E-state index in [1.165, 1.54) is 0 Å². The molecule has 2 heterocycles. The standard InChI is InChI=1S/C12H21N3OS/c1-12(2,11-14-5-6-17-11)15-8-10-4-3-9(7-13)16-10/h5-6,9-10,15H,3-4,7-8,13H2,1-2H3. The largest absolute Gasteiger partial charge is 0.372 e. The van der Waals surface area contributed by atoms with Crippen LogP contribution in [-0.2, 0) is 10.3 Å². The highest BCUT2D eigenvalue weighted by Crippen LogP contribution is 2.24. The van der Waals surface area contributed by atoms with Crippen LogP contribution < -0.4 is 11.1 Å². The van der Waals surface area contributed by atoms with Crippen molar-refractivity contribution >= 4 is 11.3 Å². The van der Waals surface area contributed by atoms with E-state index in [4.69, 9.17) is 10.5 Å². The van der Waals surface area contributed by atoms with Crippen LogP contribution in [0.5, 0.6) is 0 Å². The van der Waals surface area contributed by atoms with Gasteiger partial charge in [-0.1, -0.05) is 0 Å². The molecular weight excluding hydrogens is 234 g/mol. The minimum absolute atomic E-state index is 0.0850. The van der Waals surface area contributed by atoms with Gasteiger partial charge in [-0.05, 0) is 26.7 Å². The van der Waals surface area contributed by atoms with Gasteiger partial charge in [0.1, 0.15) is 5.01 Å².